The minimum absolute atomic E-state index is 0.457. The predicted molar refractivity (Wildman–Crippen MR) is 69.4 cm³/mol. The second-order valence-corrected chi connectivity index (χ2v) is 7.05. The maximum Gasteiger partial charge on any atom is 0.138 e. The number of rotatable bonds is 3. The van der Waals surface area contributed by atoms with Crippen LogP contribution in [0.2, 0.25) is 0 Å². The highest BCUT2D eigenvalue weighted by atomic mass is 79.9. The molecule has 16 heavy (non-hydrogen) atoms. The van der Waals surface area contributed by atoms with E-state index in [-0.39, 0.29) is 0 Å². The summed E-state index contributed by atoms with van der Waals surface area (Å²) >= 11 is 8.36. The highest BCUT2D eigenvalue weighted by Crippen LogP contribution is 2.36. The number of aliphatic hydroxyl groups is 1. The van der Waals surface area contributed by atoms with Crippen molar-refractivity contribution < 1.29 is 5.11 Å². The first-order valence-electron chi connectivity index (χ1n) is 4.53. The maximum absolute atomic E-state index is 10.1. The number of aliphatic hydroxyl groups excluding tert-OH is 1. The molecule has 0 aliphatic carbocycles. The number of aryl methyl sites for hydroxylation is 1. The molecule has 0 bridgehead atoms. The van der Waals surface area contributed by atoms with Crippen LogP contribution in [0.1, 0.15) is 17.5 Å². The van der Waals surface area contributed by atoms with Crippen LogP contribution in [-0.4, -0.2) is 19.9 Å². The topological polar surface area (TPSA) is 50.9 Å². The SMILES string of the molecule is Cn1ncnc1CC(O)c1cc(Br)sc1Br. The van der Waals surface area contributed by atoms with E-state index < -0.39 is 6.10 Å². The number of hydrogen-bond donors (Lipinski definition) is 1. The van der Waals surface area contributed by atoms with Crippen LogP contribution in [0.4, 0.5) is 0 Å². The van der Waals surface area contributed by atoms with Crippen LogP contribution in [0.5, 0.6) is 0 Å². The Morgan fingerprint density at radius 2 is 2.31 bits per heavy atom. The maximum atomic E-state index is 10.1. The number of aromatic nitrogens is 3. The molecule has 1 N–H and O–H groups in total. The third-order valence-electron chi connectivity index (χ3n) is 2.22. The third-order valence-corrected chi connectivity index (χ3v) is 4.61. The average Bonchev–Trinajstić information content (AvgIpc) is 2.74. The second-order valence-electron chi connectivity index (χ2n) is 3.30. The zero-order valence-corrected chi connectivity index (χ0v) is 12.4. The van der Waals surface area contributed by atoms with Crippen molar-refractivity contribution in [3.05, 3.63) is 31.4 Å². The Morgan fingerprint density at radius 3 is 2.81 bits per heavy atom. The van der Waals surface area contributed by atoms with Gasteiger partial charge < -0.3 is 5.11 Å². The minimum atomic E-state index is -0.570. The van der Waals surface area contributed by atoms with Gasteiger partial charge in [0.15, 0.2) is 0 Å². The molecule has 0 aliphatic heterocycles. The van der Waals surface area contributed by atoms with Crippen LogP contribution >= 0.6 is 43.2 Å². The molecule has 4 nitrogen and oxygen atoms in total. The van der Waals surface area contributed by atoms with Crippen LogP contribution in [0.3, 0.4) is 0 Å². The molecule has 0 aliphatic rings. The molecule has 0 aromatic carbocycles. The second kappa shape index (κ2) is 4.95. The van der Waals surface area contributed by atoms with Gasteiger partial charge in [0, 0.05) is 19.0 Å². The molecule has 86 valence electrons. The largest absolute Gasteiger partial charge is 0.388 e. The molecular formula is C9H9Br2N3OS. The molecular weight excluding hydrogens is 358 g/mol. The molecule has 2 rings (SSSR count). The monoisotopic (exact) mass is 365 g/mol. The zero-order valence-electron chi connectivity index (χ0n) is 8.39. The van der Waals surface area contributed by atoms with Gasteiger partial charge in [-0.25, -0.2) is 4.98 Å². The zero-order chi connectivity index (χ0) is 11.7. The highest BCUT2D eigenvalue weighted by Gasteiger charge is 2.17. The highest BCUT2D eigenvalue weighted by molar-refractivity contribution is 9.12. The molecule has 1 atom stereocenters. The van der Waals surface area contributed by atoms with Gasteiger partial charge in [-0.1, -0.05) is 0 Å². The summed E-state index contributed by atoms with van der Waals surface area (Å²) in [5, 5.41) is 14.1. The van der Waals surface area contributed by atoms with Crippen LogP contribution in [0.25, 0.3) is 0 Å². The molecule has 0 saturated heterocycles. The number of halogens is 2. The van der Waals surface area contributed by atoms with Gasteiger partial charge in [0.2, 0.25) is 0 Å². The van der Waals surface area contributed by atoms with Crippen molar-refractivity contribution in [3.8, 4) is 0 Å². The molecule has 7 heteroatoms. The van der Waals surface area contributed by atoms with E-state index in [1.165, 1.54) is 6.33 Å². The third kappa shape index (κ3) is 2.53. The fraction of sp³-hybridized carbons (Fsp3) is 0.333. The summed E-state index contributed by atoms with van der Waals surface area (Å²) in [4.78, 5) is 4.09. The fourth-order valence-electron chi connectivity index (χ4n) is 1.37. The summed E-state index contributed by atoms with van der Waals surface area (Å²) < 4.78 is 3.60. The van der Waals surface area contributed by atoms with E-state index in [1.54, 1.807) is 16.0 Å². The molecule has 0 radical (unpaired) electrons. The Balaban J connectivity index is 2.17. The van der Waals surface area contributed by atoms with Crippen molar-refractivity contribution in [2.45, 2.75) is 12.5 Å². The molecule has 2 aromatic rings. The Bertz CT molecular complexity index is 497. The van der Waals surface area contributed by atoms with Crippen molar-refractivity contribution in [1.82, 2.24) is 14.8 Å². The van der Waals surface area contributed by atoms with E-state index >= 15 is 0 Å². The lowest BCUT2D eigenvalue weighted by molar-refractivity contribution is 0.174. The molecule has 0 amide bonds. The van der Waals surface area contributed by atoms with E-state index in [1.807, 2.05) is 13.1 Å². The lowest BCUT2D eigenvalue weighted by atomic mass is 10.1. The van der Waals surface area contributed by atoms with E-state index in [0.717, 1.165) is 19.0 Å². The van der Waals surface area contributed by atoms with E-state index in [2.05, 4.69) is 41.9 Å². The summed E-state index contributed by atoms with van der Waals surface area (Å²) in [6, 6.07) is 1.91. The first kappa shape index (κ1) is 12.2. The van der Waals surface area contributed by atoms with Gasteiger partial charge in [-0.15, -0.1) is 11.3 Å². The predicted octanol–water partition coefficient (Wildman–Crippen LogP) is 2.68. The lowest BCUT2D eigenvalue weighted by Crippen LogP contribution is -2.07. The Labute approximate surface area is 114 Å². The van der Waals surface area contributed by atoms with Gasteiger partial charge in [0.25, 0.3) is 0 Å². The molecule has 0 spiro atoms. The van der Waals surface area contributed by atoms with Crippen molar-refractivity contribution in [2.24, 2.45) is 7.05 Å². The van der Waals surface area contributed by atoms with Crippen molar-refractivity contribution in [1.29, 1.82) is 0 Å². The fourth-order valence-corrected chi connectivity index (χ4v) is 4.32. The smallest absolute Gasteiger partial charge is 0.138 e. The van der Waals surface area contributed by atoms with E-state index in [0.29, 0.717) is 6.42 Å². The molecule has 2 aromatic heterocycles. The minimum Gasteiger partial charge on any atom is -0.388 e. The average molecular weight is 367 g/mol. The number of thiophene rings is 1. The lowest BCUT2D eigenvalue weighted by Gasteiger charge is -2.08. The molecule has 2 heterocycles. The van der Waals surface area contributed by atoms with Crippen molar-refractivity contribution in [2.75, 3.05) is 0 Å². The van der Waals surface area contributed by atoms with Gasteiger partial charge >= 0.3 is 0 Å². The van der Waals surface area contributed by atoms with Crippen LogP contribution < -0.4 is 0 Å². The summed E-state index contributed by atoms with van der Waals surface area (Å²) in [5.74, 6) is 0.765. The molecule has 0 saturated carbocycles. The normalized spacial score (nSPS) is 13.0. The Hall–Kier alpha value is -0.240. The van der Waals surface area contributed by atoms with E-state index in [4.69, 9.17) is 0 Å². The first-order chi connectivity index (χ1) is 7.58. The number of nitrogens with zero attached hydrogens (tertiary/aromatic N) is 3. The van der Waals surface area contributed by atoms with Crippen LogP contribution in [0.15, 0.2) is 20.0 Å². The van der Waals surface area contributed by atoms with Gasteiger partial charge in [0.05, 0.1) is 13.7 Å². The standard InChI is InChI=1S/C9H9Br2N3OS/c1-14-8(12-4-13-14)3-6(15)5-2-7(10)16-9(5)11/h2,4,6,15H,3H2,1H3. The van der Waals surface area contributed by atoms with Gasteiger partial charge in [-0.05, 0) is 37.9 Å². The van der Waals surface area contributed by atoms with Crippen LogP contribution in [-0.2, 0) is 13.5 Å². The first-order valence-corrected chi connectivity index (χ1v) is 6.94. The molecule has 1 unspecified atom stereocenters. The Kier molecular flexibility index (Phi) is 3.78. The van der Waals surface area contributed by atoms with Crippen LogP contribution in [0, 0.1) is 0 Å². The van der Waals surface area contributed by atoms with Gasteiger partial charge in [0.1, 0.15) is 12.2 Å². The van der Waals surface area contributed by atoms with E-state index in [9.17, 15) is 5.11 Å². The Morgan fingerprint density at radius 1 is 1.56 bits per heavy atom. The summed E-state index contributed by atoms with van der Waals surface area (Å²) in [5.41, 5.74) is 0.875. The summed E-state index contributed by atoms with van der Waals surface area (Å²) in [6.45, 7) is 0. The quantitative estimate of drug-likeness (QED) is 0.908. The van der Waals surface area contributed by atoms with Crippen molar-refractivity contribution >= 4 is 43.2 Å². The van der Waals surface area contributed by atoms with Gasteiger partial charge in [-0.3, -0.25) is 4.68 Å². The molecule has 0 fully saturated rings. The van der Waals surface area contributed by atoms with Gasteiger partial charge in [-0.2, -0.15) is 5.10 Å². The van der Waals surface area contributed by atoms with Crippen molar-refractivity contribution in [3.63, 3.8) is 0 Å². The number of hydrogen-bond acceptors (Lipinski definition) is 4. The summed E-state index contributed by atoms with van der Waals surface area (Å²) in [7, 11) is 1.81. The summed E-state index contributed by atoms with van der Waals surface area (Å²) in [6.07, 6.45) is 1.37.